The molecular formula is C12H11IIrN-. The summed E-state index contributed by atoms with van der Waals surface area (Å²) < 4.78 is 0. The molecule has 1 radical (unpaired) electrons. The molecule has 0 amide bonds. The zero-order chi connectivity index (χ0) is 9.10. The Labute approximate surface area is 121 Å². The number of halogens is 1. The molecule has 0 saturated carbocycles. The SMILES string of the molecule is Cc1cccnc1-c1[c-]cccc1.I.[Ir]. The Morgan fingerprint density at radius 1 is 1.13 bits per heavy atom. The van der Waals surface area contributed by atoms with Gasteiger partial charge in [0.15, 0.2) is 0 Å². The van der Waals surface area contributed by atoms with Crippen molar-refractivity contribution in [2.45, 2.75) is 6.92 Å². The van der Waals surface area contributed by atoms with Gasteiger partial charge >= 0.3 is 0 Å². The van der Waals surface area contributed by atoms with E-state index in [4.69, 9.17) is 0 Å². The second kappa shape index (κ2) is 7.09. The maximum Gasteiger partial charge on any atom is 0.0160 e. The standard InChI is InChI=1S/C12H10N.HI.Ir/c1-10-6-5-9-13-12(10)11-7-3-2-4-8-11;;/h2-7,9H,1H3;1H;/q-1;;. The maximum absolute atomic E-state index is 4.32. The smallest absolute Gasteiger partial charge is 0.0160 e. The first-order valence-corrected chi connectivity index (χ1v) is 4.26. The number of hydrogen-bond donors (Lipinski definition) is 0. The van der Waals surface area contributed by atoms with Gasteiger partial charge in [0, 0.05) is 26.3 Å². The van der Waals surface area contributed by atoms with Crippen molar-refractivity contribution in [1.29, 1.82) is 0 Å². The van der Waals surface area contributed by atoms with Gasteiger partial charge in [-0.2, -0.15) is 0 Å². The average Bonchev–Trinajstić information content (AvgIpc) is 2.20. The Morgan fingerprint density at radius 2 is 1.93 bits per heavy atom. The molecule has 0 atom stereocenters. The number of hydrogen-bond acceptors (Lipinski definition) is 1. The van der Waals surface area contributed by atoms with E-state index in [0.29, 0.717) is 0 Å². The van der Waals surface area contributed by atoms with E-state index in [2.05, 4.69) is 24.0 Å². The van der Waals surface area contributed by atoms with E-state index < -0.39 is 0 Å². The fraction of sp³-hybridized carbons (Fsp3) is 0.0833. The van der Waals surface area contributed by atoms with Crippen LogP contribution in [0.5, 0.6) is 0 Å². The predicted octanol–water partition coefficient (Wildman–Crippen LogP) is 3.47. The minimum atomic E-state index is 0. The quantitative estimate of drug-likeness (QED) is 0.443. The molecule has 0 fully saturated rings. The number of aromatic nitrogens is 1. The van der Waals surface area contributed by atoms with Gasteiger partial charge in [-0.3, -0.25) is 0 Å². The third-order valence-corrected chi connectivity index (χ3v) is 1.97. The zero-order valence-corrected chi connectivity index (χ0v) is 13.0. The molecule has 1 aromatic carbocycles. The van der Waals surface area contributed by atoms with Gasteiger partial charge in [-0.25, -0.2) is 0 Å². The first kappa shape index (κ1) is 14.7. The van der Waals surface area contributed by atoms with Crippen molar-refractivity contribution in [3.05, 3.63) is 54.2 Å². The Bertz CT molecular complexity index is 403. The summed E-state index contributed by atoms with van der Waals surface area (Å²) in [6, 6.07) is 15.1. The molecule has 1 aromatic heterocycles. The molecule has 0 bridgehead atoms. The molecule has 81 valence electrons. The van der Waals surface area contributed by atoms with E-state index >= 15 is 0 Å². The first-order chi connectivity index (χ1) is 6.38. The summed E-state index contributed by atoms with van der Waals surface area (Å²) in [5.74, 6) is 0. The van der Waals surface area contributed by atoms with E-state index in [0.717, 1.165) is 11.3 Å². The number of rotatable bonds is 1. The Hall–Kier alpha value is -0.251. The number of nitrogens with zero attached hydrogens (tertiary/aromatic N) is 1. The van der Waals surface area contributed by atoms with Gasteiger partial charge in [0.25, 0.3) is 0 Å². The summed E-state index contributed by atoms with van der Waals surface area (Å²) in [6.45, 7) is 2.06. The largest absolute Gasteiger partial charge is 0.304 e. The second-order valence-electron chi connectivity index (χ2n) is 2.95. The molecule has 3 heteroatoms. The second-order valence-corrected chi connectivity index (χ2v) is 2.95. The topological polar surface area (TPSA) is 12.9 Å². The van der Waals surface area contributed by atoms with Crippen molar-refractivity contribution in [1.82, 2.24) is 4.98 Å². The number of pyridine rings is 1. The van der Waals surface area contributed by atoms with Crippen LogP contribution in [0.2, 0.25) is 0 Å². The number of benzene rings is 1. The Kier molecular flexibility index (Phi) is 6.98. The van der Waals surface area contributed by atoms with Crippen LogP contribution in [0, 0.1) is 13.0 Å². The van der Waals surface area contributed by atoms with Crippen LogP contribution in [-0.4, -0.2) is 4.98 Å². The zero-order valence-electron chi connectivity index (χ0n) is 8.23. The minimum Gasteiger partial charge on any atom is -0.304 e. The van der Waals surface area contributed by atoms with Crippen LogP contribution in [-0.2, 0) is 20.1 Å². The molecule has 15 heavy (non-hydrogen) atoms. The van der Waals surface area contributed by atoms with E-state index in [-0.39, 0.29) is 44.1 Å². The molecule has 2 rings (SSSR count). The molecule has 1 nitrogen and oxygen atoms in total. The van der Waals surface area contributed by atoms with Gasteiger partial charge in [-0.05, 0) is 18.7 Å². The van der Waals surface area contributed by atoms with Crippen LogP contribution >= 0.6 is 24.0 Å². The number of aryl methyl sites for hydroxylation is 1. The van der Waals surface area contributed by atoms with Crippen LogP contribution < -0.4 is 0 Å². The van der Waals surface area contributed by atoms with Gasteiger partial charge in [0.2, 0.25) is 0 Å². The monoisotopic (exact) mass is 489 g/mol. The molecule has 0 aliphatic carbocycles. The van der Waals surface area contributed by atoms with Crippen molar-refractivity contribution in [2.75, 3.05) is 0 Å². The molecule has 0 aliphatic rings. The molecular weight excluding hydrogens is 477 g/mol. The van der Waals surface area contributed by atoms with Crippen molar-refractivity contribution in [3.8, 4) is 11.3 Å². The molecule has 0 aliphatic heterocycles. The third kappa shape index (κ3) is 3.67. The van der Waals surface area contributed by atoms with Gasteiger partial charge in [0.05, 0.1) is 0 Å². The summed E-state index contributed by atoms with van der Waals surface area (Å²) in [6.07, 6.45) is 1.81. The van der Waals surface area contributed by atoms with E-state index in [9.17, 15) is 0 Å². The van der Waals surface area contributed by atoms with Crippen LogP contribution in [0.1, 0.15) is 5.56 Å². The average molecular weight is 488 g/mol. The molecule has 0 N–H and O–H groups in total. The van der Waals surface area contributed by atoms with E-state index in [1.807, 2.05) is 36.5 Å². The Morgan fingerprint density at radius 3 is 2.53 bits per heavy atom. The van der Waals surface area contributed by atoms with Crippen LogP contribution in [0.3, 0.4) is 0 Å². The molecule has 1 heterocycles. The van der Waals surface area contributed by atoms with Crippen LogP contribution in [0.25, 0.3) is 11.3 Å². The summed E-state index contributed by atoms with van der Waals surface area (Å²) in [7, 11) is 0. The van der Waals surface area contributed by atoms with Crippen molar-refractivity contribution in [3.63, 3.8) is 0 Å². The van der Waals surface area contributed by atoms with Gasteiger partial charge < -0.3 is 4.98 Å². The third-order valence-electron chi connectivity index (χ3n) is 1.97. The first-order valence-electron chi connectivity index (χ1n) is 4.26. The van der Waals surface area contributed by atoms with Crippen molar-refractivity contribution < 1.29 is 20.1 Å². The summed E-state index contributed by atoms with van der Waals surface area (Å²) in [5, 5.41) is 0. The summed E-state index contributed by atoms with van der Waals surface area (Å²) in [5.41, 5.74) is 3.26. The molecule has 2 aromatic rings. The van der Waals surface area contributed by atoms with E-state index in [1.165, 1.54) is 5.56 Å². The molecule has 0 saturated heterocycles. The molecule has 0 spiro atoms. The van der Waals surface area contributed by atoms with Crippen molar-refractivity contribution in [2.24, 2.45) is 0 Å². The Balaban J connectivity index is 0.000000980. The van der Waals surface area contributed by atoms with E-state index in [1.54, 1.807) is 0 Å². The fourth-order valence-corrected chi connectivity index (χ4v) is 1.31. The van der Waals surface area contributed by atoms with Crippen molar-refractivity contribution >= 4 is 24.0 Å². The summed E-state index contributed by atoms with van der Waals surface area (Å²) >= 11 is 0. The summed E-state index contributed by atoms with van der Waals surface area (Å²) in [4.78, 5) is 4.32. The van der Waals surface area contributed by atoms with Gasteiger partial charge in [-0.15, -0.1) is 59.9 Å². The minimum absolute atomic E-state index is 0. The normalized spacial score (nSPS) is 8.60. The molecule has 0 unspecified atom stereocenters. The van der Waals surface area contributed by atoms with Crippen LogP contribution in [0.15, 0.2) is 42.6 Å². The maximum atomic E-state index is 4.32. The predicted molar refractivity (Wildman–Crippen MR) is 68.7 cm³/mol. The van der Waals surface area contributed by atoms with Gasteiger partial charge in [0.1, 0.15) is 0 Å². The van der Waals surface area contributed by atoms with Gasteiger partial charge in [-0.1, -0.05) is 11.6 Å². The van der Waals surface area contributed by atoms with Crippen LogP contribution in [0.4, 0.5) is 0 Å². The fourth-order valence-electron chi connectivity index (χ4n) is 1.31.